The van der Waals surface area contributed by atoms with Crippen molar-refractivity contribution in [2.45, 2.75) is 6.92 Å². The third kappa shape index (κ3) is 77.9. The van der Waals surface area contributed by atoms with Gasteiger partial charge in [-0.3, -0.25) is 4.79 Å². The van der Waals surface area contributed by atoms with Crippen LogP contribution in [0.2, 0.25) is 0 Å². The molecule has 0 rings (SSSR count). The van der Waals surface area contributed by atoms with Crippen molar-refractivity contribution in [1.82, 2.24) is 0 Å². The minimum Gasteiger partial charge on any atom is -0.652 e. The van der Waals surface area contributed by atoms with E-state index in [4.69, 9.17) is 15.0 Å². The van der Waals surface area contributed by atoms with Gasteiger partial charge in [0.2, 0.25) is 5.97 Å². The van der Waals surface area contributed by atoms with Crippen molar-refractivity contribution < 1.29 is 83.5 Å². The number of carbonyl (C=O) groups excluding carboxylic acids is 3. The number of hydrogen-bond acceptors (Lipinski definition) is 7. The van der Waals surface area contributed by atoms with Gasteiger partial charge in [-0.2, -0.15) is 0 Å². The first-order valence-electron chi connectivity index (χ1n) is 2.13. The van der Waals surface area contributed by atoms with Gasteiger partial charge in [-0.25, -0.2) is 0 Å². The summed E-state index contributed by atoms with van der Waals surface area (Å²) in [5, 5.41) is 25.9. The Kier molecular flexibility index (Phi) is 25.4. The molecule has 0 aromatic carbocycles. The van der Waals surface area contributed by atoms with E-state index in [1.165, 1.54) is 0 Å². The zero-order chi connectivity index (χ0) is 9.44. The van der Waals surface area contributed by atoms with Crippen LogP contribution < -0.4 is 44.9 Å². The summed E-state index contributed by atoms with van der Waals surface area (Å²) in [4.78, 5) is 27.2. The number of rotatable bonds is 0. The SMILES string of the molecule is CC(=O)OC(=O)[O-].O=C([O-])[O-].[Na+].[Zn+2]. The van der Waals surface area contributed by atoms with Gasteiger partial charge in [-0.1, -0.05) is 0 Å². The summed E-state index contributed by atoms with van der Waals surface area (Å²) in [5.74, 6) is -0.875. The van der Waals surface area contributed by atoms with Crippen LogP contribution in [0.3, 0.4) is 0 Å². The Labute approximate surface area is 108 Å². The van der Waals surface area contributed by atoms with E-state index < -0.39 is 18.3 Å². The predicted molar refractivity (Wildman–Crippen MR) is 22.6 cm³/mol. The van der Waals surface area contributed by atoms with Crippen LogP contribution in [0.1, 0.15) is 6.92 Å². The summed E-state index contributed by atoms with van der Waals surface area (Å²) in [6, 6.07) is 0. The van der Waals surface area contributed by atoms with Gasteiger partial charge < -0.3 is 29.6 Å². The standard InChI is InChI=1S/C3H4O4.CH2O3.Na.Zn/c1-2(4)7-3(5)6;2-1(3)4;;/h1H3,(H,5,6);(H2,2,3,4);;/q;;+1;+2/p-3. The Bertz CT molecular complexity index is 154. The number of esters is 1. The fourth-order valence-corrected chi connectivity index (χ4v) is 0.117. The largest absolute Gasteiger partial charge is 2.00 e. The molecule has 0 aliphatic rings. The van der Waals surface area contributed by atoms with Gasteiger partial charge >= 0.3 is 49.0 Å². The monoisotopic (exact) mass is 250 g/mol. The molecule has 0 saturated heterocycles. The zero-order valence-corrected chi connectivity index (χ0v) is 12.0. The number of ether oxygens (including phenoxy) is 1. The molecule has 64 valence electrons. The van der Waals surface area contributed by atoms with E-state index in [1.807, 2.05) is 0 Å². The van der Waals surface area contributed by atoms with Gasteiger partial charge in [0, 0.05) is 6.92 Å². The van der Waals surface area contributed by atoms with Crippen molar-refractivity contribution in [2.24, 2.45) is 0 Å². The Balaban J connectivity index is -0.0000000600. The van der Waals surface area contributed by atoms with Crippen LogP contribution in [0.4, 0.5) is 9.59 Å². The normalized spacial score (nSPS) is 5.92. The molecule has 13 heavy (non-hydrogen) atoms. The van der Waals surface area contributed by atoms with Crippen LogP contribution in [-0.2, 0) is 29.0 Å². The molecule has 0 atom stereocenters. The van der Waals surface area contributed by atoms with Crippen molar-refractivity contribution in [3.63, 3.8) is 0 Å². The molecule has 0 heterocycles. The third-order valence-corrected chi connectivity index (χ3v) is 0.227. The molecule has 0 spiro atoms. The van der Waals surface area contributed by atoms with Crippen LogP contribution in [-0.4, -0.2) is 18.3 Å². The molecule has 7 nitrogen and oxygen atoms in total. The molecule has 9 heteroatoms. The molecule has 0 radical (unpaired) electrons. The molecule has 0 N–H and O–H groups in total. The van der Waals surface area contributed by atoms with Crippen molar-refractivity contribution in [2.75, 3.05) is 0 Å². The Hall–Kier alpha value is -0.167. The van der Waals surface area contributed by atoms with Gasteiger partial charge in [0.1, 0.15) is 0 Å². The molecule has 0 saturated carbocycles. The Morgan fingerprint density at radius 2 is 1.31 bits per heavy atom. The zero-order valence-electron chi connectivity index (χ0n) is 7.06. The second kappa shape index (κ2) is 14.4. The van der Waals surface area contributed by atoms with E-state index in [-0.39, 0.29) is 49.0 Å². The van der Waals surface area contributed by atoms with E-state index in [0.29, 0.717) is 0 Å². The first-order valence-corrected chi connectivity index (χ1v) is 2.13. The Morgan fingerprint density at radius 3 is 1.31 bits per heavy atom. The van der Waals surface area contributed by atoms with Crippen LogP contribution in [0.15, 0.2) is 0 Å². The van der Waals surface area contributed by atoms with E-state index >= 15 is 0 Å². The molecule has 0 aromatic rings. The minimum absolute atomic E-state index is 0. The quantitative estimate of drug-likeness (QED) is 0.238. The maximum atomic E-state index is 9.61. The van der Waals surface area contributed by atoms with E-state index in [9.17, 15) is 14.7 Å². The van der Waals surface area contributed by atoms with Crippen molar-refractivity contribution in [3.05, 3.63) is 0 Å². The number of carbonyl (C=O) groups is 3. The van der Waals surface area contributed by atoms with Crippen LogP contribution in [0, 0.1) is 0 Å². The van der Waals surface area contributed by atoms with Gasteiger partial charge in [0.25, 0.3) is 6.16 Å². The van der Waals surface area contributed by atoms with Gasteiger partial charge in [-0.15, -0.1) is 0 Å². The summed E-state index contributed by atoms with van der Waals surface area (Å²) in [6.45, 7) is 0.982. The average molecular weight is 251 g/mol. The smallest absolute Gasteiger partial charge is 0.652 e. The molecule has 0 aromatic heterocycles. The van der Waals surface area contributed by atoms with Crippen molar-refractivity contribution >= 4 is 18.3 Å². The summed E-state index contributed by atoms with van der Waals surface area (Å²) in [6.07, 6.45) is -4.15. The second-order valence-electron chi connectivity index (χ2n) is 1.09. The molecule has 0 aliphatic carbocycles. The van der Waals surface area contributed by atoms with Gasteiger partial charge in [0.05, 0.1) is 0 Å². The first kappa shape index (κ1) is 23.0. The molecule has 0 bridgehead atoms. The average Bonchev–Trinajstić information content (AvgIpc) is 1.56. The summed E-state index contributed by atoms with van der Waals surface area (Å²) in [5.41, 5.74) is 0. The molecule has 0 aliphatic heterocycles. The molecular weight excluding hydrogens is 248 g/mol. The topological polar surface area (TPSA) is 130 Å². The second-order valence-corrected chi connectivity index (χ2v) is 1.09. The van der Waals surface area contributed by atoms with Gasteiger partial charge in [0.15, 0.2) is 0 Å². The number of carboxylic acid groups (broad SMARTS) is 3. The van der Waals surface area contributed by atoms with Crippen molar-refractivity contribution in [1.29, 1.82) is 0 Å². The van der Waals surface area contributed by atoms with Gasteiger partial charge in [-0.05, 0) is 6.16 Å². The summed E-state index contributed by atoms with van der Waals surface area (Å²) in [7, 11) is 0. The van der Waals surface area contributed by atoms with Crippen LogP contribution in [0.25, 0.3) is 0 Å². The molecule has 0 unspecified atom stereocenters. The third-order valence-electron chi connectivity index (χ3n) is 0.227. The van der Waals surface area contributed by atoms with E-state index in [2.05, 4.69) is 4.74 Å². The maximum absolute atomic E-state index is 9.61. The Morgan fingerprint density at radius 1 is 1.08 bits per heavy atom. The van der Waals surface area contributed by atoms with Crippen LogP contribution in [0.5, 0.6) is 0 Å². The number of hydrogen-bond donors (Lipinski definition) is 0. The summed E-state index contributed by atoms with van der Waals surface area (Å²) >= 11 is 0. The fourth-order valence-electron chi connectivity index (χ4n) is 0.117. The first-order chi connectivity index (χ1) is 4.86. The van der Waals surface area contributed by atoms with E-state index in [0.717, 1.165) is 6.92 Å². The van der Waals surface area contributed by atoms with E-state index in [1.54, 1.807) is 0 Å². The van der Waals surface area contributed by atoms with Crippen molar-refractivity contribution in [3.8, 4) is 0 Å². The van der Waals surface area contributed by atoms with Crippen LogP contribution >= 0.6 is 0 Å². The molecule has 0 amide bonds. The fraction of sp³-hybridized carbons (Fsp3) is 0.250. The predicted octanol–water partition coefficient (Wildman–Crippen LogP) is -6.55. The maximum Gasteiger partial charge on any atom is 2.00 e. The molecular formula is C4H3NaO7Zn. The summed E-state index contributed by atoms with van der Waals surface area (Å²) < 4.78 is 3.42. The molecule has 0 fully saturated rings. The minimum atomic E-state index is -2.33.